The van der Waals surface area contributed by atoms with E-state index in [1.54, 1.807) is 6.07 Å². The van der Waals surface area contributed by atoms with Crippen LogP contribution in [0, 0.1) is 10.1 Å². The van der Waals surface area contributed by atoms with Gasteiger partial charge in [-0.05, 0) is 12.1 Å². The SMILES string of the molecule is COc1cc(C(=O)N2CC(Oc3ccc4ccccc4n3)C2)c([N+](=O)[O-])cc1OC. The van der Waals surface area contributed by atoms with Crippen molar-refractivity contribution in [3.05, 3.63) is 64.2 Å². The number of nitrogens with zero attached hydrogens (tertiary/aromatic N) is 3. The highest BCUT2D eigenvalue weighted by atomic mass is 16.6. The second-order valence-corrected chi connectivity index (χ2v) is 6.77. The zero-order chi connectivity index (χ0) is 21.3. The van der Waals surface area contributed by atoms with Crippen molar-refractivity contribution in [3.63, 3.8) is 0 Å². The Morgan fingerprint density at radius 3 is 2.50 bits per heavy atom. The summed E-state index contributed by atoms with van der Waals surface area (Å²) in [5.74, 6) is 0.449. The maximum Gasteiger partial charge on any atom is 0.286 e. The third-order valence-corrected chi connectivity index (χ3v) is 4.92. The number of fused-ring (bicyclic) bond motifs is 1. The number of ether oxygens (including phenoxy) is 3. The molecule has 0 unspecified atom stereocenters. The molecule has 1 fully saturated rings. The summed E-state index contributed by atoms with van der Waals surface area (Å²) in [7, 11) is 2.78. The number of pyridine rings is 1. The van der Waals surface area contributed by atoms with Gasteiger partial charge in [-0.1, -0.05) is 18.2 Å². The summed E-state index contributed by atoms with van der Waals surface area (Å²) in [5, 5.41) is 12.5. The number of methoxy groups -OCH3 is 2. The van der Waals surface area contributed by atoms with Crippen LogP contribution in [0.1, 0.15) is 10.4 Å². The first-order valence-electron chi connectivity index (χ1n) is 9.22. The quantitative estimate of drug-likeness (QED) is 0.455. The maximum absolute atomic E-state index is 12.8. The van der Waals surface area contributed by atoms with Crippen molar-refractivity contribution in [2.24, 2.45) is 0 Å². The predicted octanol–water partition coefficient (Wildman–Crippen LogP) is 3.06. The average molecular weight is 409 g/mol. The summed E-state index contributed by atoms with van der Waals surface area (Å²) in [6, 6.07) is 13.9. The summed E-state index contributed by atoms with van der Waals surface area (Å²) in [6.07, 6.45) is -0.234. The number of carbonyl (C=O) groups excluding carboxylic acids is 1. The van der Waals surface area contributed by atoms with E-state index in [0.29, 0.717) is 19.0 Å². The number of nitro benzene ring substituents is 1. The molecule has 0 atom stereocenters. The van der Waals surface area contributed by atoms with Crippen LogP contribution in [0.4, 0.5) is 5.69 Å². The monoisotopic (exact) mass is 409 g/mol. The molecule has 1 aromatic heterocycles. The molecule has 4 rings (SSSR count). The minimum absolute atomic E-state index is 0.0556. The number of rotatable bonds is 6. The minimum atomic E-state index is -0.609. The third kappa shape index (κ3) is 3.57. The number of nitro groups is 1. The van der Waals surface area contributed by atoms with Crippen LogP contribution in [0.3, 0.4) is 0 Å². The smallest absolute Gasteiger partial charge is 0.286 e. The lowest BCUT2D eigenvalue weighted by Crippen LogP contribution is -2.56. The van der Waals surface area contributed by atoms with Crippen molar-refractivity contribution >= 4 is 22.5 Å². The normalized spacial score (nSPS) is 13.6. The lowest BCUT2D eigenvalue weighted by molar-refractivity contribution is -0.385. The fourth-order valence-electron chi connectivity index (χ4n) is 3.32. The van der Waals surface area contributed by atoms with Gasteiger partial charge in [0.05, 0.1) is 43.8 Å². The van der Waals surface area contributed by atoms with Gasteiger partial charge in [0.25, 0.3) is 11.6 Å². The second kappa shape index (κ2) is 7.86. The van der Waals surface area contributed by atoms with E-state index < -0.39 is 10.8 Å². The molecule has 1 aliphatic heterocycles. The van der Waals surface area contributed by atoms with Gasteiger partial charge in [-0.2, -0.15) is 0 Å². The highest BCUT2D eigenvalue weighted by Gasteiger charge is 2.36. The van der Waals surface area contributed by atoms with Gasteiger partial charge in [-0.25, -0.2) is 4.98 Å². The number of amides is 1. The molecule has 30 heavy (non-hydrogen) atoms. The Morgan fingerprint density at radius 2 is 1.80 bits per heavy atom. The van der Waals surface area contributed by atoms with E-state index in [9.17, 15) is 14.9 Å². The number of likely N-dealkylation sites (tertiary alicyclic amines) is 1. The van der Waals surface area contributed by atoms with E-state index in [-0.39, 0.29) is 28.9 Å². The van der Waals surface area contributed by atoms with Crippen molar-refractivity contribution in [1.82, 2.24) is 9.88 Å². The molecule has 1 amide bonds. The van der Waals surface area contributed by atoms with E-state index >= 15 is 0 Å². The number of hydrogen-bond acceptors (Lipinski definition) is 7. The topological polar surface area (TPSA) is 104 Å². The van der Waals surface area contributed by atoms with Crippen LogP contribution in [0.25, 0.3) is 10.9 Å². The van der Waals surface area contributed by atoms with Crippen molar-refractivity contribution in [2.45, 2.75) is 6.10 Å². The summed E-state index contributed by atoms with van der Waals surface area (Å²) in [6.45, 7) is 0.609. The molecule has 9 nitrogen and oxygen atoms in total. The largest absolute Gasteiger partial charge is 0.493 e. The average Bonchev–Trinajstić information content (AvgIpc) is 2.74. The molecule has 0 radical (unpaired) electrons. The highest BCUT2D eigenvalue weighted by molar-refractivity contribution is 5.99. The Bertz CT molecular complexity index is 1130. The summed E-state index contributed by atoms with van der Waals surface area (Å²) >= 11 is 0. The van der Waals surface area contributed by atoms with Gasteiger partial charge in [-0.3, -0.25) is 14.9 Å². The first-order valence-corrected chi connectivity index (χ1v) is 9.22. The van der Waals surface area contributed by atoms with Crippen LogP contribution >= 0.6 is 0 Å². The fraction of sp³-hybridized carbons (Fsp3) is 0.238. The lowest BCUT2D eigenvalue weighted by Gasteiger charge is -2.38. The molecule has 2 heterocycles. The third-order valence-electron chi connectivity index (χ3n) is 4.92. The molecule has 0 bridgehead atoms. The van der Waals surface area contributed by atoms with Gasteiger partial charge in [-0.15, -0.1) is 0 Å². The second-order valence-electron chi connectivity index (χ2n) is 6.77. The molecule has 0 aliphatic carbocycles. The van der Waals surface area contributed by atoms with Crippen molar-refractivity contribution in [2.75, 3.05) is 27.3 Å². The van der Waals surface area contributed by atoms with Crippen molar-refractivity contribution in [1.29, 1.82) is 0 Å². The number of aromatic nitrogens is 1. The van der Waals surface area contributed by atoms with Gasteiger partial charge >= 0.3 is 0 Å². The van der Waals surface area contributed by atoms with E-state index in [4.69, 9.17) is 14.2 Å². The summed E-state index contributed by atoms with van der Waals surface area (Å²) in [5.41, 5.74) is 0.432. The highest BCUT2D eigenvalue weighted by Crippen LogP contribution is 2.35. The van der Waals surface area contributed by atoms with Gasteiger partial charge in [0.2, 0.25) is 5.88 Å². The zero-order valence-electron chi connectivity index (χ0n) is 16.4. The molecule has 0 saturated carbocycles. The molecule has 9 heteroatoms. The van der Waals surface area contributed by atoms with Gasteiger partial charge in [0.15, 0.2) is 11.5 Å². The number of carbonyl (C=O) groups is 1. The number of benzene rings is 2. The fourth-order valence-corrected chi connectivity index (χ4v) is 3.32. The van der Waals surface area contributed by atoms with Crippen LogP contribution in [0.2, 0.25) is 0 Å². The zero-order valence-corrected chi connectivity index (χ0v) is 16.4. The van der Waals surface area contributed by atoms with E-state index in [1.165, 1.54) is 31.3 Å². The lowest BCUT2D eigenvalue weighted by atomic mass is 10.1. The molecular formula is C21H19N3O6. The van der Waals surface area contributed by atoms with Crippen LogP contribution < -0.4 is 14.2 Å². The van der Waals surface area contributed by atoms with Crippen LogP contribution in [-0.4, -0.2) is 54.1 Å². The Balaban J connectivity index is 1.47. The summed E-state index contributed by atoms with van der Waals surface area (Å²) in [4.78, 5) is 29.6. The summed E-state index contributed by atoms with van der Waals surface area (Å²) < 4.78 is 16.1. The first-order chi connectivity index (χ1) is 14.5. The molecule has 154 valence electrons. The first kappa shape index (κ1) is 19.4. The standard InChI is InChI=1S/C21H19N3O6/c1-28-18-9-15(17(24(26)27)10-19(18)29-2)21(25)23-11-14(12-23)30-20-8-7-13-5-3-4-6-16(13)22-20/h3-10,14H,11-12H2,1-2H3. The molecule has 1 saturated heterocycles. The maximum atomic E-state index is 12.8. The molecule has 1 aliphatic rings. The Morgan fingerprint density at radius 1 is 1.10 bits per heavy atom. The number of para-hydroxylation sites is 1. The Hall–Kier alpha value is -3.88. The molecule has 0 N–H and O–H groups in total. The molecule has 3 aromatic rings. The molecule has 0 spiro atoms. The predicted molar refractivity (Wildman–Crippen MR) is 108 cm³/mol. The minimum Gasteiger partial charge on any atom is -0.493 e. The van der Waals surface area contributed by atoms with E-state index in [0.717, 1.165) is 10.9 Å². The van der Waals surface area contributed by atoms with Crippen LogP contribution in [-0.2, 0) is 0 Å². The van der Waals surface area contributed by atoms with Gasteiger partial charge in [0, 0.05) is 17.5 Å². The van der Waals surface area contributed by atoms with E-state index in [2.05, 4.69) is 4.98 Å². The van der Waals surface area contributed by atoms with Crippen LogP contribution in [0.5, 0.6) is 17.4 Å². The van der Waals surface area contributed by atoms with Crippen molar-refractivity contribution < 1.29 is 23.9 Å². The molecule has 2 aromatic carbocycles. The van der Waals surface area contributed by atoms with Crippen LogP contribution in [0.15, 0.2) is 48.5 Å². The van der Waals surface area contributed by atoms with Crippen molar-refractivity contribution in [3.8, 4) is 17.4 Å². The Labute approximate surface area is 171 Å². The Kier molecular flexibility index (Phi) is 5.09. The van der Waals surface area contributed by atoms with E-state index in [1.807, 2.05) is 30.3 Å². The molecular weight excluding hydrogens is 390 g/mol. The van der Waals surface area contributed by atoms with Gasteiger partial charge < -0.3 is 19.1 Å². The number of hydrogen-bond donors (Lipinski definition) is 0. The van der Waals surface area contributed by atoms with Gasteiger partial charge in [0.1, 0.15) is 11.7 Å².